The number of aldehydes is 1. The lowest BCUT2D eigenvalue weighted by atomic mass is 10.1. The highest BCUT2D eigenvalue weighted by atomic mass is 19.4. The van der Waals surface area contributed by atoms with E-state index in [0.717, 1.165) is 0 Å². The molecule has 2 aromatic rings. The summed E-state index contributed by atoms with van der Waals surface area (Å²) in [6.45, 7) is 2.45. The van der Waals surface area contributed by atoms with Gasteiger partial charge < -0.3 is 14.2 Å². The lowest BCUT2D eigenvalue weighted by molar-refractivity contribution is -0.233. The lowest BCUT2D eigenvalue weighted by Gasteiger charge is -2.39. The van der Waals surface area contributed by atoms with Crippen LogP contribution < -0.4 is 4.90 Å². The van der Waals surface area contributed by atoms with Crippen molar-refractivity contribution in [1.29, 1.82) is 0 Å². The molecule has 1 aromatic carbocycles. The number of alkyl halides is 3. The zero-order valence-corrected chi connectivity index (χ0v) is 12.9. The molecule has 1 aliphatic heterocycles. The Balaban J connectivity index is 2.10. The average molecular weight is 346 g/mol. The van der Waals surface area contributed by atoms with Crippen LogP contribution >= 0.6 is 0 Å². The predicted octanol–water partition coefficient (Wildman–Crippen LogP) is 3.24. The van der Waals surface area contributed by atoms with Crippen LogP contribution in [0.5, 0.6) is 0 Å². The standard InChI is InChI=1S/C15H14F4N2O3/c1-7-4-21(5-11(23-7)15(17,18)19)13-9(6-22)3-10-8(2)20-24-14(10)12(13)16/h3,6-7,11H,4-5H2,1-2H3/t7-,11-/m0/s1. The molecule has 24 heavy (non-hydrogen) atoms. The molecule has 1 aliphatic rings. The van der Waals surface area contributed by atoms with Crippen LogP contribution in [0.15, 0.2) is 10.6 Å². The van der Waals surface area contributed by atoms with Crippen LogP contribution in [0, 0.1) is 12.7 Å². The molecule has 0 N–H and O–H groups in total. The van der Waals surface area contributed by atoms with E-state index in [9.17, 15) is 22.4 Å². The van der Waals surface area contributed by atoms with Gasteiger partial charge in [-0.25, -0.2) is 4.39 Å². The molecule has 130 valence electrons. The molecule has 1 fully saturated rings. The minimum Gasteiger partial charge on any atom is -0.363 e. The number of anilines is 1. The Kier molecular flexibility index (Phi) is 3.98. The summed E-state index contributed by atoms with van der Waals surface area (Å²) in [5.74, 6) is -0.898. The van der Waals surface area contributed by atoms with Gasteiger partial charge in [-0.15, -0.1) is 0 Å². The molecule has 0 unspecified atom stereocenters. The van der Waals surface area contributed by atoms with Crippen molar-refractivity contribution in [2.45, 2.75) is 32.2 Å². The fourth-order valence-corrected chi connectivity index (χ4v) is 2.89. The number of morpholine rings is 1. The van der Waals surface area contributed by atoms with Crippen molar-refractivity contribution < 1.29 is 31.6 Å². The van der Waals surface area contributed by atoms with Crippen molar-refractivity contribution in [2.24, 2.45) is 0 Å². The number of nitrogens with zero attached hydrogens (tertiary/aromatic N) is 2. The maximum Gasteiger partial charge on any atom is 0.416 e. The van der Waals surface area contributed by atoms with E-state index >= 15 is 0 Å². The molecule has 0 aliphatic carbocycles. The Bertz CT molecular complexity index is 787. The van der Waals surface area contributed by atoms with E-state index in [1.807, 2.05) is 0 Å². The molecule has 5 nitrogen and oxygen atoms in total. The first-order chi connectivity index (χ1) is 11.2. The lowest BCUT2D eigenvalue weighted by Crippen LogP contribution is -2.52. The van der Waals surface area contributed by atoms with Crippen molar-refractivity contribution in [1.82, 2.24) is 5.16 Å². The van der Waals surface area contributed by atoms with Gasteiger partial charge in [-0.2, -0.15) is 13.2 Å². The number of aromatic nitrogens is 1. The Morgan fingerprint density at radius 1 is 1.38 bits per heavy atom. The third kappa shape index (κ3) is 2.72. The Labute approximate surface area is 134 Å². The van der Waals surface area contributed by atoms with E-state index in [0.29, 0.717) is 17.4 Å². The van der Waals surface area contributed by atoms with Gasteiger partial charge in [0.2, 0.25) is 5.58 Å². The number of carbonyl (C=O) groups is 1. The van der Waals surface area contributed by atoms with Crippen molar-refractivity contribution >= 4 is 22.9 Å². The zero-order valence-electron chi connectivity index (χ0n) is 12.9. The van der Waals surface area contributed by atoms with Crippen LogP contribution in [0.2, 0.25) is 0 Å². The number of ether oxygens (including phenoxy) is 1. The molecule has 2 heterocycles. The summed E-state index contributed by atoms with van der Waals surface area (Å²) in [5, 5.41) is 3.95. The highest BCUT2D eigenvalue weighted by Crippen LogP contribution is 2.36. The molecule has 1 aromatic heterocycles. The molecular weight excluding hydrogens is 332 g/mol. The second-order valence-electron chi connectivity index (χ2n) is 5.77. The molecule has 0 bridgehead atoms. The molecular formula is C15H14F4N2O3. The second-order valence-corrected chi connectivity index (χ2v) is 5.77. The van der Waals surface area contributed by atoms with Gasteiger partial charge in [0.25, 0.3) is 0 Å². The maximum absolute atomic E-state index is 14.8. The highest BCUT2D eigenvalue weighted by molar-refractivity contribution is 5.95. The fourth-order valence-electron chi connectivity index (χ4n) is 2.89. The zero-order chi connectivity index (χ0) is 17.6. The van der Waals surface area contributed by atoms with E-state index in [1.54, 1.807) is 6.92 Å². The van der Waals surface area contributed by atoms with Gasteiger partial charge in [0.15, 0.2) is 18.2 Å². The quantitative estimate of drug-likeness (QED) is 0.617. The topological polar surface area (TPSA) is 55.6 Å². The maximum atomic E-state index is 14.8. The molecule has 9 heteroatoms. The number of rotatable bonds is 2. The molecule has 0 radical (unpaired) electrons. The molecule has 2 atom stereocenters. The minimum atomic E-state index is -4.59. The highest BCUT2D eigenvalue weighted by Gasteiger charge is 2.45. The molecule has 3 rings (SSSR count). The number of carbonyl (C=O) groups excluding carboxylic acids is 1. The van der Waals surface area contributed by atoms with Crippen molar-refractivity contribution in [3.63, 3.8) is 0 Å². The van der Waals surface area contributed by atoms with Crippen molar-refractivity contribution in [3.8, 4) is 0 Å². The summed E-state index contributed by atoms with van der Waals surface area (Å²) in [7, 11) is 0. The monoisotopic (exact) mass is 346 g/mol. The summed E-state index contributed by atoms with van der Waals surface area (Å²) in [6.07, 6.45) is -7.02. The summed E-state index contributed by atoms with van der Waals surface area (Å²) in [4.78, 5) is 12.5. The van der Waals surface area contributed by atoms with E-state index < -0.39 is 30.7 Å². The summed E-state index contributed by atoms with van der Waals surface area (Å²) in [5.41, 5.74) is -0.0720. The van der Waals surface area contributed by atoms with E-state index in [4.69, 9.17) is 9.26 Å². The average Bonchev–Trinajstić information content (AvgIpc) is 2.87. The van der Waals surface area contributed by atoms with Gasteiger partial charge in [-0.3, -0.25) is 4.79 Å². The Morgan fingerprint density at radius 3 is 2.71 bits per heavy atom. The normalized spacial score (nSPS) is 22.2. The van der Waals surface area contributed by atoms with Crippen LogP contribution in [0.4, 0.5) is 23.2 Å². The number of benzene rings is 1. The third-order valence-electron chi connectivity index (χ3n) is 3.96. The Morgan fingerprint density at radius 2 is 2.08 bits per heavy atom. The third-order valence-corrected chi connectivity index (χ3v) is 3.96. The van der Waals surface area contributed by atoms with Gasteiger partial charge in [0, 0.05) is 17.5 Å². The van der Waals surface area contributed by atoms with E-state index in [2.05, 4.69) is 5.16 Å². The van der Waals surface area contributed by atoms with Gasteiger partial charge in [0.05, 0.1) is 24.0 Å². The van der Waals surface area contributed by atoms with E-state index in [1.165, 1.54) is 17.9 Å². The van der Waals surface area contributed by atoms with Gasteiger partial charge in [-0.05, 0) is 19.9 Å². The molecule has 0 spiro atoms. The van der Waals surface area contributed by atoms with Gasteiger partial charge in [-0.1, -0.05) is 5.16 Å². The van der Waals surface area contributed by atoms with Crippen LogP contribution in [-0.4, -0.2) is 42.9 Å². The summed E-state index contributed by atoms with van der Waals surface area (Å²) >= 11 is 0. The number of halogens is 4. The first kappa shape index (κ1) is 16.7. The summed E-state index contributed by atoms with van der Waals surface area (Å²) in [6, 6.07) is 1.37. The first-order valence-electron chi connectivity index (χ1n) is 7.23. The predicted molar refractivity (Wildman–Crippen MR) is 76.7 cm³/mol. The van der Waals surface area contributed by atoms with Crippen LogP contribution in [0.1, 0.15) is 23.0 Å². The van der Waals surface area contributed by atoms with Crippen molar-refractivity contribution in [3.05, 3.63) is 23.1 Å². The molecule has 1 saturated heterocycles. The van der Waals surface area contributed by atoms with Crippen molar-refractivity contribution in [2.75, 3.05) is 18.0 Å². The van der Waals surface area contributed by atoms with Gasteiger partial charge in [0.1, 0.15) is 0 Å². The minimum absolute atomic E-state index is 0.0168. The smallest absolute Gasteiger partial charge is 0.363 e. The Hall–Kier alpha value is -2.16. The second kappa shape index (κ2) is 5.73. The number of aryl methyl sites for hydroxylation is 1. The largest absolute Gasteiger partial charge is 0.416 e. The summed E-state index contributed by atoms with van der Waals surface area (Å²) < 4.78 is 63.6. The molecule has 0 amide bonds. The van der Waals surface area contributed by atoms with Gasteiger partial charge >= 0.3 is 6.18 Å². The van der Waals surface area contributed by atoms with Crippen LogP contribution in [-0.2, 0) is 4.74 Å². The number of hydrogen-bond donors (Lipinski definition) is 0. The van der Waals surface area contributed by atoms with Crippen LogP contribution in [0.25, 0.3) is 11.0 Å². The fraction of sp³-hybridized carbons (Fsp3) is 0.467. The number of fused-ring (bicyclic) bond motifs is 1. The SMILES string of the molecule is Cc1noc2c(F)c(N3C[C@@H](C(F)(F)F)O[C@@H](C)C3)c(C=O)cc12. The first-order valence-corrected chi connectivity index (χ1v) is 7.23. The molecule has 0 saturated carbocycles. The number of hydrogen-bond acceptors (Lipinski definition) is 5. The van der Waals surface area contributed by atoms with Crippen LogP contribution in [0.3, 0.4) is 0 Å². The van der Waals surface area contributed by atoms with E-state index in [-0.39, 0.29) is 23.4 Å².